The Kier molecular flexibility index (Phi) is 7.32. The predicted octanol–water partition coefficient (Wildman–Crippen LogP) is 2.56. The van der Waals surface area contributed by atoms with E-state index in [2.05, 4.69) is 24.1 Å². The van der Waals surface area contributed by atoms with Crippen LogP contribution < -0.4 is 10.2 Å². The molecule has 1 N–H and O–H groups in total. The van der Waals surface area contributed by atoms with Crippen LogP contribution in [-0.4, -0.2) is 62.1 Å². The first-order chi connectivity index (χ1) is 13.5. The molecule has 0 bridgehead atoms. The van der Waals surface area contributed by atoms with E-state index in [0.717, 1.165) is 38.4 Å². The zero-order valence-corrected chi connectivity index (χ0v) is 17.5. The molecule has 0 saturated carbocycles. The molecule has 0 aromatic heterocycles. The first-order valence-electron chi connectivity index (χ1n) is 10.1. The minimum absolute atomic E-state index is 0.133. The Labute approximate surface area is 172 Å². The summed E-state index contributed by atoms with van der Waals surface area (Å²) in [4.78, 5) is 29.6. The lowest BCUT2D eigenvalue weighted by atomic mass is 10.0. The van der Waals surface area contributed by atoms with Gasteiger partial charge in [-0.25, -0.2) is 0 Å². The van der Waals surface area contributed by atoms with Crippen LogP contribution in [0.25, 0.3) is 0 Å². The van der Waals surface area contributed by atoms with Crippen molar-refractivity contribution in [2.75, 3.05) is 44.3 Å². The van der Waals surface area contributed by atoms with Gasteiger partial charge in [-0.05, 0) is 43.0 Å². The Morgan fingerprint density at radius 3 is 2.54 bits per heavy atom. The van der Waals surface area contributed by atoms with Gasteiger partial charge in [-0.3, -0.25) is 14.5 Å². The zero-order valence-electron chi connectivity index (χ0n) is 16.7. The van der Waals surface area contributed by atoms with Gasteiger partial charge in [-0.1, -0.05) is 25.4 Å². The maximum atomic E-state index is 12.8. The smallest absolute Gasteiger partial charge is 0.239 e. The summed E-state index contributed by atoms with van der Waals surface area (Å²) in [5.74, 6) is -0.367. The third-order valence-corrected chi connectivity index (χ3v) is 5.73. The van der Waals surface area contributed by atoms with Crippen LogP contribution in [0.2, 0.25) is 5.02 Å². The molecule has 1 aromatic rings. The van der Waals surface area contributed by atoms with Crippen molar-refractivity contribution in [3.8, 4) is 0 Å². The van der Waals surface area contributed by atoms with Gasteiger partial charge in [0, 0.05) is 42.9 Å². The van der Waals surface area contributed by atoms with E-state index < -0.39 is 5.92 Å². The van der Waals surface area contributed by atoms with Crippen molar-refractivity contribution in [1.29, 1.82) is 0 Å². The van der Waals surface area contributed by atoms with E-state index in [1.54, 1.807) is 17.0 Å². The Hall–Kier alpha value is -1.63. The molecular weight excluding hydrogens is 378 g/mol. The summed E-state index contributed by atoms with van der Waals surface area (Å²) in [6, 6.07) is 7.43. The van der Waals surface area contributed by atoms with Crippen LogP contribution in [0.5, 0.6) is 0 Å². The van der Waals surface area contributed by atoms with Gasteiger partial charge in [0.05, 0.1) is 13.2 Å². The van der Waals surface area contributed by atoms with E-state index in [-0.39, 0.29) is 17.9 Å². The number of nitrogens with zero attached hydrogens (tertiary/aromatic N) is 2. The highest BCUT2D eigenvalue weighted by atomic mass is 35.5. The van der Waals surface area contributed by atoms with Gasteiger partial charge in [0.15, 0.2) is 0 Å². The molecule has 2 heterocycles. The largest absolute Gasteiger partial charge is 0.379 e. The molecular formula is C21H30ClN3O3. The van der Waals surface area contributed by atoms with E-state index >= 15 is 0 Å². The third kappa shape index (κ3) is 5.25. The number of rotatable bonds is 7. The monoisotopic (exact) mass is 407 g/mol. The van der Waals surface area contributed by atoms with Crippen molar-refractivity contribution < 1.29 is 14.3 Å². The minimum atomic E-state index is -0.611. The SMILES string of the molecule is CC(C)CC(CNC(=O)C1CCN(c2ccc(Cl)cc2)C1=O)N1CCOCC1. The van der Waals surface area contributed by atoms with Crippen LogP contribution in [0.4, 0.5) is 5.69 Å². The van der Waals surface area contributed by atoms with E-state index in [4.69, 9.17) is 16.3 Å². The van der Waals surface area contributed by atoms with Crippen molar-refractivity contribution in [1.82, 2.24) is 10.2 Å². The molecule has 2 unspecified atom stereocenters. The topological polar surface area (TPSA) is 61.9 Å². The number of hydrogen-bond donors (Lipinski definition) is 1. The highest BCUT2D eigenvalue weighted by molar-refractivity contribution is 6.30. The molecule has 6 nitrogen and oxygen atoms in total. The summed E-state index contributed by atoms with van der Waals surface area (Å²) >= 11 is 5.93. The Balaban J connectivity index is 1.57. The average Bonchev–Trinajstić information content (AvgIpc) is 3.07. The summed E-state index contributed by atoms with van der Waals surface area (Å²) in [6.07, 6.45) is 1.55. The molecule has 0 spiro atoms. The maximum Gasteiger partial charge on any atom is 0.239 e. The lowest BCUT2D eigenvalue weighted by molar-refractivity contribution is -0.132. The standard InChI is InChI=1S/C21H30ClN3O3/c1-15(2)13-18(24-9-11-28-12-10-24)14-23-20(26)19-7-8-25(21(19)27)17-5-3-16(22)4-6-17/h3-6,15,18-19H,7-14H2,1-2H3,(H,23,26). The first-order valence-corrected chi connectivity index (χ1v) is 10.5. The molecule has 0 radical (unpaired) electrons. The second-order valence-electron chi connectivity index (χ2n) is 7.98. The molecule has 28 heavy (non-hydrogen) atoms. The number of benzene rings is 1. The number of amides is 2. The fourth-order valence-corrected chi connectivity index (χ4v) is 4.12. The van der Waals surface area contributed by atoms with E-state index in [1.807, 2.05) is 12.1 Å². The fourth-order valence-electron chi connectivity index (χ4n) is 3.99. The van der Waals surface area contributed by atoms with Gasteiger partial charge in [-0.15, -0.1) is 0 Å². The Morgan fingerprint density at radius 1 is 1.21 bits per heavy atom. The molecule has 2 aliphatic heterocycles. The molecule has 2 fully saturated rings. The van der Waals surface area contributed by atoms with Gasteiger partial charge >= 0.3 is 0 Å². The van der Waals surface area contributed by atoms with Gasteiger partial charge in [-0.2, -0.15) is 0 Å². The summed E-state index contributed by atoms with van der Waals surface area (Å²) in [7, 11) is 0. The van der Waals surface area contributed by atoms with Gasteiger partial charge < -0.3 is 15.0 Å². The zero-order chi connectivity index (χ0) is 20.1. The van der Waals surface area contributed by atoms with Gasteiger partial charge in [0.25, 0.3) is 0 Å². The minimum Gasteiger partial charge on any atom is -0.379 e. The van der Waals surface area contributed by atoms with Crippen LogP contribution >= 0.6 is 11.6 Å². The average molecular weight is 408 g/mol. The third-order valence-electron chi connectivity index (χ3n) is 5.48. The van der Waals surface area contributed by atoms with Crippen LogP contribution in [0, 0.1) is 11.8 Å². The quantitative estimate of drug-likeness (QED) is 0.705. The number of carbonyl (C=O) groups excluding carboxylic acids is 2. The normalized spacial score (nSPS) is 21.9. The van der Waals surface area contributed by atoms with Crippen molar-refractivity contribution in [2.24, 2.45) is 11.8 Å². The summed E-state index contributed by atoms with van der Waals surface area (Å²) in [5.41, 5.74) is 0.788. The number of hydrogen-bond acceptors (Lipinski definition) is 4. The van der Waals surface area contributed by atoms with Crippen LogP contribution in [0.1, 0.15) is 26.7 Å². The predicted molar refractivity (Wildman–Crippen MR) is 111 cm³/mol. The number of anilines is 1. The highest BCUT2D eigenvalue weighted by Crippen LogP contribution is 2.26. The van der Waals surface area contributed by atoms with E-state index in [9.17, 15) is 9.59 Å². The molecule has 2 amide bonds. The molecule has 2 aliphatic rings. The van der Waals surface area contributed by atoms with E-state index in [1.165, 1.54) is 0 Å². The number of carbonyl (C=O) groups is 2. The van der Waals surface area contributed by atoms with Crippen molar-refractivity contribution in [3.05, 3.63) is 29.3 Å². The molecule has 154 valence electrons. The molecule has 0 aliphatic carbocycles. The van der Waals surface area contributed by atoms with Crippen LogP contribution in [0.15, 0.2) is 24.3 Å². The van der Waals surface area contributed by atoms with Gasteiger partial charge in [0.1, 0.15) is 5.92 Å². The molecule has 7 heteroatoms. The molecule has 3 rings (SSSR count). The van der Waals surface area contributed by atoms with Crippen LogP contribution in [-0.2, 0) is 14.3 Å². The Morgan fingerprint density at radius 2 is 1.89 bits per heavy atom. The second-order valence-corrected chi connectivity index (χ2v) is 8.42. The second kappa shape index (κ2) is 9.72. The number of nitrogens with one attached hydrogen (secondary N) is 1. The molecule has 2 saturated heterocycles. The summed E-state index contributed by atoms with van der Waals surface area (Å²) in [5, 5.41) is 3.68. The van der Waals surface area contributed by atoms with Crippen molar-refractivity contribution >= 4 is 29.1 Å². The van der Waals surface area contributed by atoms with E-state index in [0.29, 0.717) is 30.5 Å². The number of morpholine rings is 1. The molecule has 2 atom stereocenters. The van der Waals surface area contributed by atoms with Crippen LogP contribution in [0.3, 0.4) is 0 Å². The van der Waals surface area contributed by atoms with Gasteiger partial charge in [0.2, 0.25) is 11.8 Å². The summed E-state index contributed by atoms with van der Waals surface area (Å²) < 4.78 is 5.45. The Bertz CT molecular complexity index is 674. The lowest BCUT2D eigenvalue weighted by Gasteiger charge is -2.35. The maximum absolute atomic E-state index is 12.8. The fraction of sp³-hybridized carbons (Fsp3) is 0.619. The van der Waals surface area contributed by atoms with Crippen molar-refractivity contribution in [2.45, 2.75) is 32.7 Å². The first kappa shape index (κ1) is 21.1. The molecule has 1 aromatic carbocycles. The highest BCUT2D eigenvalue weighted by Gasteiger charge is 2.37. The number of ether oxygens (including phenoxy) is 1. The van der Waals surface area contributed by atoms with Crippen molar-refractivity contribution in [3.63, 3.8) is 0 Å². The number of halogens is 1. The lowest BCUT2D eigenvalue weighted by Crippen LogP contribution is -2.50. The summed E-state index contributed by atoms with van der Waals surface area (Å²) in [6.45, 7) is 8.76.